The molecule has 3 aromatic rings. The fraction of sp³-hybridized carbons (Fsp3) is 0.111. The molecule has 26 heavy (non-hydrogen) atoms. The van der Waals surface area contributed by atoms with Gasteiger partial charge in [-0.05, 0) is 37.3 Å². The largest absolute Gasteiger partial charge is 0.322 e. The van der Waals surface area contributed by atoms with Gasteiger partial charge in [0, 0.05) is 28.3 Å². The molecular formula is C18H17N3O4S. The van der Waals surface area contributed by atoms with Crippen LogP contribution in [0.1, 0.15) is 17.3 Å². The molecule has 0 aliphatic rings. The average molecular weight is 371 g/mol. The van der Waals surface area contributed by atoms with Gasteiger partial charge in [0.05, 0.1) is 11.3 Å². The monoisotopic (exact) mass is 371 g/mol. The second-order valence-corrected chi connectivity index (χ2v) is 7.64. The third-order valence-electron chi connectivity index (χ3n) is 3.79. The minimum atomic E-state index is -3.36. The predicted octanol–water partition coefficient (Wildman–Crippen LogP) is 2.54. The molecule has 0 radical (unpaired) electrons. The van der Waals surface area contributed by atoms with Crippen LogP contribution in [0.15, 0.2) is 59.4 Å². The van der Waals surface area contributed by atoms with Gasteiger partial charge in [0.15, 0.2) is 0 Å². The minimum absolute atomic E-state index is 0.0267. The lowest BCUT2D eigenvalue weighted by molar-refractivity contribution is 0.102. The highest BCUT2D eigenvalue weighted by molar-refractivity contribution is 7.92. The normalized spacial score (nSPS) is 11.3. The second-order valence-electron chi connectivity index (χ2n) is 5.63. The van der Waals surface area contributed by atoms with Crippen LogP contribution < -0.4 is 15.6 Å². The summed E-state index contributed by atoms with van der Waals surface area (Å²) in [5.41, 5.74) is 1.37. The third kappa shape index (κ3) is 3.92. The van der Waals surface area contributed by atoms with Gasteiger partial charge in [-0.1, -0.05) is 18.2 Å². The number of rotatable bonds is 5. The van der Waals surface area contributed by atoms with E-state index in [-0.39, 0.29) is 16.9 Å². The highest BCUT2D eigenvalue weighted by atomic mass is 32.2. The number of carbonyl (C=O) groups is 1. The molecule has 8 heteroatoms. The Balaban J connectivity index is 1.84. The summed E-state index contributed by atoms with van der Waals surface area (Å²) in [5.74, 6) is -0.449. The Hall–Kier alpha value is -3.13. The molecule has 0 fully saturated rings. The first kappa shape index (κ1) is 17.7. The van der Waals surface area contributed by atoms with Gasteiger partial charge in [0.2, 0.25) is 15.6 Å². The van der Waals surface area contributed by atoms with Crippen molar-refractivity contribution in [3.63, 3.8) is 0 Å². The number of aromatic nitrogens is 1. The number of para-hydroxylation sites is 1. The first-order chi connectivity index (χ1) is 12.4. The second kappa shape index (κ2) is 7.01. The molecule has 1 aromatic heterocycles. The Morgan fingerprint density at radius 2 is 1.69 bits per heavy atom. The van der Waals surface area contributed by atoms with Crippen molar-refractivity contribution in [1.82, 2.24) is 4.98 Å². The van der Waals surface area contributed by atoms with Crippen LogP contribution in [-0.2, 0) is 10.0 Å². The van der Waals surface area contributed by atoms with E-state index in [0.717, 1.165) is 0 Å². The van der Waals surface area contributed by atoms with E-state index in [9.17, 15) is 18.0 Å². The Bertz CT molecular complexity index is 1120. The molecule has 2 aromatic carbocycles. The number of aromatic amines is 1. The molecule has 7 nitrogen and oxygen atoms in total. The van der Waals surface area contributed by atoms with Gasteiger partial charge < -0.3 is 10.3 Å². The van der Waals surface area contributed by atoms with Crippen molar-refractivity contribution in [2.24, 2.45) is 0 Å². The van der Waals surface area contributed by atoms with Crippen LogP contribution >= 0.6 is 0 Å². The van der Waals surface area contributed by atoms with Gasteiger partial charge >= 0.3 is 0 Å². The van der Waals surface area contributed by atoms with E-state index < -0.39 is 15.9 Å². The van der Waals surface area contributed by atoms with Gasteiger partial charge in [0.1, 0.15) is 0 Å². The fourth-order valence-electron chi connectivity index (χ4n) is 2.46. The third-order valence-corrected chi connectivity index (χ3v) is 5.10. The fourth-order valence-corrected chi connectivity index (χ4v) is 3.10. The molecule has 3 rings (SSSR count). The van der Waals surface area contributed by atoms with Crippen molar-refractivity contribution >= 4 is 38.2 Å². The van der Waals surface area contributed by atoms with Crippen molar-refractivity contribution in [2.75, 3.05) is 15.8 Å². The summed E-state index contributed by atoms with van der Waals surface area (Å²) < 4.78 is 25.5. The smallest absolute Gasteiger partial charge is 0.256 e. The van der Waals surface area contributed by atoms with Crippen LogP contribution in [0.2, 0.25) is 0 Å². The van der Waals surface area contributed by atoms with Crippen LogP contribution in [0, 0.1) is 0 Å². The zero-order valence-electron chi connectivity index (χ0n) is 13.9. The van der Waals surface area contributed by atoms with Crippen molar-refractivity contribution in [1.29, 1.82) is 0 Å². The van der Waals surface area contributed by atoms with E-state index in [1.165, 1.54) is 6.07 Å². The van der Waals surface area contributed by atoms with Crippen molar-refractivity contribution in [2.45, 2.75) is 6.92 Å². The first-order valence-corrected chi connectivity index (χ1v) is 9.57. The number of carbonyl (C=O) groups excluding carboxylic acids is 1. The number of sulfonamides is 1. The van der Waals surface area contributed by atoms with Crippen LogP contribution in [0.25, 0.3) is 10.9 Å². The molecule has 0 saturated heterocycles. The Morgan fingerprint density at radius 3 is 2.38 bits per heavy atom. The molecule has 0 aliphatic carbocycles. The minimum Gasteiger partial charge on any atom is -0.322 e. The van der Waals surface area contributed by atoms with E-state index in [4.69, 9.17) is 0 Å². The molecule has 134 valence electrons. The average Bonchev–Trinajstić information content (AvgIpc) is 2.62. The lowest BCUT2D eigenvalue weighted by Gasteiger charge is -2.09. The molecule has 3 N–H and O–H groups in total. The van der Waals surface area contributed by atoms with E-state index in [1.807, 2.05) is 0 Å². The molecule has 1 heterocycles. The number of nitrogens with one attached hydrogen (secondary N) is 3. The summed E-state index contributed by atoms with van der Waals surface area (Å²) in [6.45, 7) is 1.54. The first-order valence-electron chi connectivity index (χ1n) is 7.92. The maximum atomic E-state index is 12.6. The maximum Gasteiger partial charge on any atom is 0.256 e. The van der Waals surface area contributed by atoms with Crippen molar-refractivity contribution < 1.29 is 13.2 Å². The number of hydrogen-bond acceptors (Lipinski definition) is 4. The highest BCUT2D eigenvalue weighted by Crippen LogP contribution is 2.18. The molecule has 0 atom stereocenters. The molecule has 1 amide bonds. The molecule has 0 unspecified atom stereocenters. The molecule has 0 saturated carbocycles. The van der Waals surface area contributed by atoms with Crippen LogP contribution in [0.4, 0.5) is 11.4 Å². The number of anilines is 2. The van der Waals surface area contributed by atoms with Crippen molar-refractivity contribution in [3.05, 3.63) is 70.5 Å². The van der Waals surface area contributed by atoms with Gasteiger partial charge in [-0.25, -0.2) is 8.42 Å². The van der Waals surface area contributed by atoms with Crippen molar-refractivity contribution in [3.8, 4) is 0 Å². The zero-order chi connectivity index (χ0) is 18.7. The number of pyridine rings is 1. The van der Waals surface area contributed by atoms with Gasteiger partial charge in [-0.2, -0.15) is 0 Å². The van der Waals surface area contributed by atoms with Gasteiger partial charge in [0.25, 0.3) is 5.91 Å². The number of hydrogen-bond donors (Lipinski definition) is 3. The number of benzene rings is 2. The Labute approximate surface area is 150 Å². The predicted molar refractivity (Wildman–Crippen MR) is 102 cm³/mol. The lowest BCUT2D eigenvalue weighted by atomic mass is 10.1. The molecule has 0 spiro atoms. The SMILES string of the molecule is CCS(=O)(=O)Nc1ccc(NC(=O)c2cc(=O)[nH]c3ccccc23)cc1. The van der Waals surface area contributed by atoms with Gasteiger partial charge in [-0.3, -0.25) is 14.3 Å². The number of fused-ring (bicyclic) bond motifs is 1. The Kier molecular flexibility index (Phi) is 4.77. The highest BCUT2D eigenvalue weighted by Gasteiger charge is 2.12. The zero-order valence-corrected chi connectivity index (χ0v) is 14.8. The molecule has 0 aliphatic heterocycles. The van der Waals surface area contributed by atoms with Gasteiger partial charge in [-0.15, -0.1) is 0 Å². The van der Waals surface area contributed by atoms with E-state index >= 15 is 0 Å². The quantitative estimate of drug-likeness (QED) is 0.640. The van der Waals surface area contributed by atoms with E-state index in [0.29, 0.717) is 22.3 Å². The van der Waals surface area contributed by atoms with Crippen LogP contribution in [0.3, 0.4) is 0 Å². The summed E-state index contributed by atoms with van der Waals surface area (Å²) >= 11 is 0. The number of amides is 1. The molecule has 0 bridgehead atoms. The Morgan fingerprint density at radius 1 is 1.04 bits per heavy atom. The summed E-state index contributed by atoms with van der Waals surface area (Å²) in [4.78, 5) is 27.0. The summed E-state index contributed by atoms with van der Waals surface area (Å²) in [7, 11) is -3.36. The summed E-state index contributed by atoms with van der Waals surface area (Å²) in [6.07, 6.45) is 0. The maximum absolute atomic E-state index is 12.6. The topological polar surface area (TPSA) is 108 Å². The van der Waals surface area contributed by atoms with Crippen LogP contribution in [0.5, 0.6) is 0 Å². The summed E-state index contributed by atoms with van der Waals surface area (Å²) in [6, 6.07) is 14.6. The van der Waals surface area contributed by atoms with E-state index in [1.54, 1.807) is 55.5 Å². The van der Waals surface area contributed by atoms with Crippen LogP contribution in [-0.4, -0.2) is 25.1 Å². The summed E-state index contributed by atoms with van der Waals surface area (Å²) in [5, 5.41) is 3.35. The molecular weight excluding hydrogens is 354 g/mol. The standard InChI is InChI=1S/C18H17N3O4S/c1-2-26(24,25)21-13-9-7-12(8-10-13)19-18(23)15-11-17(22)20-16-6-4-3-5-14(15)16/h3-11,21H,2H2,1H3,(H,19,23)(H,20,22). The lowest BCUT2D eigenvalue weighted by Crippen LogP contribution is -2.17. The van der Waals surface area contributed by atoms with E-state index in [2.05, 4.69) is 15.0 Å². The number of H-pyrrole nitrogens is 1.